The number of carbonyl (C=O) groups is 2. The highest BCUT2D eigenvalue weighted by Gasteiger charge is 2.45. The Balaban J connectivity index is 1.86. The standard InChI is InChI=1S/C22H24N4O5/c1-3-30-20(29)22(2,19(23)28)26-18(27)13-16(25-21(26)24)10-9-14-6-4-7-15(12-14)17-8-5-11-31-17/h4-8,11-13H,3,9-10H2,1-2H3,(H2,23,28)(H2,24,25). The Hall–Kier alpha value is -3.88. The Labute approximate surface area is 178 Å². The van der Waals surface area contributed by atoms with Crippen LogP contribution in [0, 0.1) is 0 Å². The van der Waals surface area contributed by atoms with Crippen molar-refractivity contribution >= 4 is 17.8 Å². The summed E-state index contributed by atoms with van der Waals surface area (Å²) in [6.45, 7) is 2.78. The number of furan rings is 1. The molecule has 1 unspecified atom stereocenters. The van der Waals surface area contributed by atoms with Crippen LogP contribution in [0.5, 0.6) is 0 Å². The zero-order valence-electron chi connectivity index (χ0n) is 17.3. The summed E-state index contributed by atoms with van der Waals surface area (Å²) in [5.74, 6) is -1.57. The molecule has 31 heavy (non-hydrogen) atoms. The monoisotopic (exact) mass is 424 g/mol. The van der Waals surface area contributed by atoms with Gasteiger partial charge >= 0.3 is 5.97 Å². The third-order valence-corrected chi connectivity index (χ3v) is 5.00. The number of carbonyl (C=O) groups excluding carboxylic acids is 2. The van der Waals surface area contributed by atoms with Crippen LogP contribution in [-0.4, -0.2) is 28.0 Å². The van der Waals surface area contributed by atoms with Crippen LogP contribution in [0.2, 0.25) is 0 Å². The van der Waals surface area contributed by atoms with Crippen molar-refractivity contribution in [1.82, 2.24) is 9.55 Å². The summed E-state index contributed by atoms with van der Waals surface area (Å²) in [5, 5.41) is 0. The molecule has 0 spiro atoms. The second kappa shape index (κ2) is 8.86. The number of anilines is 1. The number of ether oxygens (including phenoxy) is 1. The van der Waals surface area contributed by atoms with E-state index in [-0.39, 0.29) is 12.6 Å². The number of nitrogens with two attached hydrogens (primary N) is 2. The van der Waals surface area contributed by atoms with Crippen molar-refractivity contribution in [3.05, 3.63) is 70.3 Å². The van der Waals surface area contributed by atoms with Crippen LogP contribution in [-0.2, 0) is 32.7 Å². The van der Waals surface area contributed by atoms with Crippen LogP contribution in [0.4, 0.5) is 5.95 Å². The minimum Gasteiger partial charge on any atom is -0.464 e. The molecule has 0 saturated heterocycles. The highest BCUT2D eigenvalue weighted by Crippen LogP contribution is 2.22. The molecule has 162 valence electrons. The van der Waals surface area contributed by atoms with Crippen molar-refractivity contribution in [1.29, 1.82) is 0 Å². The van der Waals surface area contributed by atoms with Crippen molar-refractivity contribution in [2.24, 2.45) is 5.73 Å². The van der Waals surface area contributed by atoms with Crippen LogP contribution in [0.15, 0.2) is 57.9 Å². The number of hydrogen-bond acceptors (Lipinski definition) is 7. The highest BCUT2D eigenvalue weighted by molar-refractivity contribution is 6.04. The predicted molar refractivity (Wildman–Crippen MR) is 114 cm³/mol. The summed E-state index contributed by atoms with van der Waals surface area (Å²) in [4.78, 5) is 41.4. The molecular formula is C22H24N4O5. The smallest absolute Gasteiger partial charge is 0.342 e. The zero-order chi connectivity index (χ0) is 22.6. The molecule has 1 amide bonds. The SMILES string of the molecule is CCOC(=O)C(C)(C(N)=O)n1c(N)nc(CCc2cccc(-c3ccco3)c2)cc1=O. The minimum absolute atomic E-state index is 0.0128. The van der Waals surface area contributed by atoms with Crippen molar-refractivity contribution in [3.63, 3.8) is 0 Å². The Bertz CT molecular complexity index is 1150. The van der Waals surface area contributed by atoms with Gasteiger partial charge in [-0.3, -0.25) is 14.2 Å². The van der Waals surface area contributed by atoms with E-state index >= 15 is 0 Å². The third-order valence-electron chi connectivity index (χ3n) is 5.00. The van der Waals surface area contributed by atoms with E-state index < -0.39 is 23.0 Å². The van der Waals surface area contributed by atoms with Gasteiger partial charge in [0.2, 0.25) is 11.5 Å². The second-order valence-electron chi connectivity index (χ2n) is 7.11. The van der Waals surface area contributed by atoms with Crippen LogP contribution in [0.1, 0.15) is 25.1 Å². The van der Waals surface area contributed by atoms with Crippen LogP contribution in [0.25, 0.3) is 11.3 Å². The van der Waals surface area contributed by atoms with Crippen LogP contribution < -0.4 is 17.0 Å². The van der Waals surface area contributed by atoms with E-state index in [1.807, 2.05) is 36.4 Å². The lowest BCUT2D eigenvalue weighted by atomic mass is 10.0. The fourth-order valence-corrected chi connectivity index (χ4v) is 3.30. The first kappa shape index (κ1) is 21.8. The number of nitrogens with zero attached hydrogens (tertiary/aromatic N) is 2. The van der Waals surface area contributed by atoms with E-state index in [0.717, 1.165) is 21.5 Å². The average molecular weight is 424 g/mol. The maximum atomic E-state index is 12.8. The Morgan fingerprint density at radius 1 is 1.19 bits per heavy atom. The minimum atomic E-state index is -2.10. The van der Waals surface area contributed by atoms with Gasteiger partial charge in [-0.2, -0.15) is 0 Å². The summed E-state index contributed by atoms with van der Waals surface area (Å²) < 4.78 is 11.1. The lowest BCUT2D eigenvalue weighted by Gasteiger charge is -2.27. The van der Waals surface area contributed by atoms with Gasteiger partial charge in [-0.05, 0) is 50.5 Å². The molecular weight excluding hydrogens is 400 g/mol. The normalized spacial score (nSPS) is 12.8. The van der Waals surface area contributed by atoms with E-state index in [4.69, 9.17) is 20.6 Å². The fourth-order valence-electron chi connectivity index (χ4n) is 3.30. The van der Waals surface area contributed by atoms with Gasteiger partial charge in [0.1, 0.15) is 5.76 Å². The Morgan fingerprint density at radius 3 is 2.58 bits per heavy atom. The number of amides is 1. The first-order valence-electron chi connectivity index (χ1n) is 9.76. The number of rotatable bonds is 8. The van der Waals surface area contributed by atoms with E-state index in [2.05, 4.69) is 4.98 Å². The molecule has 0 aliphatic rings. The third kappa shape index (κ3) is 4.35. The Kier molecular flexibility index (Phi) is 6.24. The summed E-state index contributed by atoms with van der Waals surface area (Å²) in [5.41, 5.74) is 11.0. The van der Waals surface area contributed by atoms with Crippen LogP contribution >= 0.6 is 0 Å². The predicted octanol–water partition coefficient (Wildman–Crippen LogP) is 1.63. The molecule has 2 aromatic heterocycles. The maximum Gasteiger partial charge on any atom is 0.342 e. The number of primary amides is 1. The Morgan fingerprint density at radius 2 is 1.97 bits per heavy atom. The molecule has 3 aromatic rings. The first-order chi connectivity index (χ1) is 14.8. The van der Waals surface area contributed by atoms with Gasteiger partial charge in [0, 0.05) is 11.6 Å². The maximum absolute atomic E-state index is 12.8. The van der Waals surface area contributed by atoms with Gasteiger partial charge in [0.25, 0.3) is 11.5 Å². The lowest BCUT2D eigenvalue weighted by molar-refractivity contribution is -0.157. The van der Waals surface area contributed by atoms with Crippen molar-refractivity contribution in [2.45, 2.75) is 32.2 Å². The topological polar surface area (TPSA) is 143 Å². The molecule has 0 radical (unpaired) electrons. The molecule has 1 atom stereocenters. The van der Waals surface area contributed by atoms with E-state index in [1.54, 1.807) is 13.2 Å². The van der Waals surface area contributed by atoms with E-state index in [1.165, 1.54) is 13.0 Å². The lowest BCUT2D eigenvalue weighted by Crippen LogP contribution is -2.55. The molecule has 4 N–H and O–H groups in total. The molecule has 0 saturated carbocycles. The number of nitrogen functional groups attached to an aromatic ring is 1. The summed E-state index contributed by atoms with van der Waals surface area (Å²) >= 11 is 0. The van der Waals surface area contributed by atoms with Gasteiger partial charge in [-0.25, -0.2) is 9.78 Å². The quantitative estimate of drug-likeness (QED) is 0.413. The fraction of sp³-hybridized carbons (Fsp3) is 0.273. The van der Waals surface area contributed by atoms with Crippen molar-refractivity contribution in [3.8, 4) is 11.3 Å². The molecule has 0 aliphatic heterocycles. The summed E-state index contributed by atoms with van der Waals surface area (Å²) in [6, 6.07) is 12.8. The molecule has 0 bridgehead atoms. The van der Waals surface area contributed by atoms with Crippen LogP contribution in [0.3, 0.4) is 0 Å². The van der Waals surface area contributed by atoms with Gasteiger partial charge in [-0.15, -0.1) is 0 Å². The number of aryl methyl sites for hydroxylation is 2. The highest BCUT2D eigenvalue weighted by atomic mass is 16.5. The van der Waals surface area contributed by atoms with Crippen molar-refractivity contribution in [2.75, 3.05) is 12.3 Å². The summed E-state index contributed by atoms with van der Waals surface area (Å²) in [6.07, 6.45) is 2.63. The first-order valence-corrected chi connectivity index (χ1v) is 9.76. The number of esters is 1. The number of aromatic nitrogens is 2. The molecule has 0 fully saturated rings. The molecule has 2 heterocycles. The molecule has 1 aromatic carbocycles. The van der Waals surface area contributed by atoms with Crippen molar-refractivity contribution < 1.29 is 18.7 Å². The van der Waals surface area contributed by atoms with Gasteiger partial charge in [0.15, 0.2) is 0 Å². The molecule has 3 rings (SSSR count). The van der Waals surface area contributed by atoms with Gasteiger partial charge in [0.05, 0.1) is 18.6 Å². The van der Waals surface area contributed by atoms with E-state index in [0.29, 0.717) is 18.5 Å². The summed E-state index contributed by atoms with van der Waals surface area (Å²) in [7, 11) is 0. The van der Waals surface area contributed by atoms with Gasteiger partial charge in [-0.1, -0.05) is 18.2 Å². The average Bonchev–Trinajstić information content (AvgIpc) is 3.27. The molecule has 9 heteroatoms. The largest absolute Gasteiger partial charge is 0.464 e. The second-order valence-corrected chi connectivity index (χ2v) is 7.11. The zero-order valence-corrected chi connectivity index (χ0v) is 17.3. The number of hydrogen-bond donors (Lipinski definition) is 2. The molecule has 0 aliphatic carbocycles. The number of benzene rings is 1. The van der Waals surface area contributed by atoms with Gasteiger partial charge < -0.3 is 20.6 Å². The van der Waals surface area contributed by atoms with E-state index in [9.17, 15) is 14.4 Å². The molecule has 9 nitrogen and oxygen atoms in total.